The number of hydrogen-bond donors (Lipinski definition) is 0. The fourth-order valence-electron chi connectivity index (χ4n) is 2.11. The minimum Gasteiger partial charge on any atom is -0.487 e. The van der Waals surface area contributed by atoms with Gasteiger partial charge in [-0.25, -0.2) is 9.97 Å². The Morgan fingerprint density at radius 1 is 1.20 bits per heavy atom. The van der Waals surface area contributed by atoms with Crippen LogP contribution in [0.4, 0.5) is 5.95 Å². The second-order valence-electron chi connectivity index (χ2n) is 4.48. The van der Waals surface area contributed by atoms with Gasteiger partial charge in [0.05, 0.1) is 24.0 Å². The van der Waals surface area contributed by atoms with E-state index in [1.807, 2.05) is 0 Å². The maximum atomic E-state index is 6.03. The van der Waals surface area contributed by atoms with Gasteiger partial charge in [0.1, 0.15) is 16.9 Å². The highest BCUT2D eigenvalue weighted by molar-refractivity contribution is 6.31. The highest BCUT2D eigenvalue weighted by Gasteiger charge is 2.26. The van der Waals surface area contributed by atoms with E-state index in [2.05, 4.69) is 19.9 Å². The number of ether oxygens (including phenoxy) is 1. The number of nitrogens with zero attached hydrogens (tertiary/aromatic N) is 4. The van der Waals surface area contributed by atoms with E-state index in [1.165, 1.54) is 0 Å². The van der Waals surface area contributed by atoms with Gasteiger partial charge in [-0.1, -0.05) is 23.2 Å². The van der Waals surface area contributed by atoms with E-state index in [4.69, 9.17) is 27.9 Å². The molecule has 7 heteroatoms. The average Bonchev–Trinajstić information content (AvgIpc) is 2.91. The van der Waals surface area contributed by atoms with Crippen LogP contribution >= 0.6 is 23.2 Å². The number of rotatable bonds is 3. The van der Waals surface area contributed by atoms with E-state index in [0.29, 0.717) is 21.7 Å². The fraction of sp³-hybridized carbons (Fsp3) is 0.308. The van der Waals surface area contributed by atoms with E-state index in [1.54, 1.807) is 30.9 Å². The molecule has 2 aromatic heterocycles. The monoisotopic (exact) mass is 310 g/mol. The molecule has 104 valence electrons. The van der Waals surface area contributed by atoms with Crippen molar-refractivity contribution in [2.75, 3.05) is 18.0 Å². The molecular formula is C13H12Cl2N4O. The lowest BCUT2D eigenvalue weighted by molar-refractivity contribution is 0.225. The van der Waals surface area contributed by atoms with Gasteiger partial charge in [0.25, 0.3) is 0 Å². The molecule has 0 spiro atoms. The molecule has 1 aliphatic rings. The molecule has 0 radical (unpaired) electrons. The smallest absolute Gasteiger partial charge is 0.225 e. The summed E-state index contributed by atoms with van der Waals surface area (Å²) in [6.07, 6.45) is 7.39. The molecule has 20 heavy (non-hydrogen) atoms. The van der Waals surface area contributed by atoms with Crippen molar-refractivity contribution in [3.8, 4) is 5.75 Å². The van der Waals surface area contributed by atoms with Gasteiger partial charge in [-0.05, 0) is 0 Å². The lowest BCUT2D eigenvalue weighted by Gasteiger charge is -2.17. The second-order valence-corrected chi connectivity index (χ2v) is 5.33. The highest BCUT2D eigenvalue weighted by atomic mass is 35.5. The molecule has 1 atom stereocenters. The Balaban J connectivity index is 1.65. The van der Waals surface area contributed by atoms with Gasteiger partial charge >= 0.3 is 0 Å². The molecule has 2 aromatic rings. The topological polar surface area (TPSA) is 51.1 Å². The van der Waals surface area contributed by atoms with Crippen molar-refractivity contribution < 1.29 is 4.74 Å². The van der Waals surface area contributed by atoms with Crippen molar-refractivity contribution in [3.63, 3.8) is 0 Å². The summed E-state index contributed by atoms with van der Waals surface area (Å²) in [5.74, 6) is 1.33. The van der Waals surface area contributed by atoms with Crippen molar-refractivity contribution in [3.05, 3.63) is 40.9 Å². The highest BCUT2D eigenvalue weighted by Crippen LogP contribution is 2.26. The fourth-order valence-corrected chi connectivity index (χ4v) is 2.37. The summed E-state index contributed by atoms with van der Waals surface area (Å²) in [6.45, 7) is 1.56. The summed E-state index contributed by atoms with van der Waals surface area (Å²) in [5.41, 5.74) is 0. The Labute approximate surface area is 126 Å². The van der Waals surface area contributed by atoms with Gasteiger partial charge < -0.3 is 9.64 Å². The largest absolute Gasteiger partial charge is 0.487 e. The minimum absolute atomic E-state index is 0.0641. The van der Waals surface area contributed by atoms with Crippen LogP contribution in [0.3, 0.4) is 0 Å². The lowest BCUT2D eigenvalue weighted by atomic mass is 10.3. The van der Waals surface area contributed by atoms with Crippen LogP contribution in [0.2, 0.25) is 10.0 Å². The molecule has 3 heterocycles. The zero-order valence-corrected chi connectivity index (χ0v) is 12.1. The summed E-state index contributed by atoms with van der Waals surface area (Å²) < 4.78 is 5.89. The predicted octanol–water partition coefficient (Wildman–Crippen LogP) is 2.84. The van der Waals surface area contributed by atoms with Crippen LogP contribution in [0.15, 0.2) is 30.9 Å². The Hall–Kier alpha value is -1.59. The molecule has 1 fully saturated rings. The molecule has 0 N–H and O–H groups in total. The van der Waals surface area contributed by atoms with Crippen LogP contribution in [-0.2, 0) is 0 Å². The van der Waals surface area contributed by atoms with E-state index in [-0.39, 0.29) is 6.10 Å². The summed E-state index contributed by atoms with van der Waals surface area (Å²) in [6, 6.07) is 1.77. The Kier molecular flexibility index (Phi) is 3.89. The van der Waals surface area contributed by atoms with Crippen molar-refractivity contribution in [2.45, 2.75) is 12.5 Å². The Morgan fingerprint density at radius 2 is 2.00 bits per heavy atom. The molecule has 0 amide bonds. The average molecular weight is 311 g/mol. The van der Waals surface area contributed by atoms with Gasteiger partial charge in [-0.3, -0.25) is 4.98 Å². The van der Waals surface area contributed by atoms with Crippen LogP contribution in [0.1, 0.15) is 6.42 Å². The summed E-state index contributed by atoms with van der Waals surface area (Å²) in [5, 5.41) is 1.05. The number of halogens is 2. The van der Waals surface area contributed by atoms with E-state index in [0.717, 1.165) is 19.5 Å². The zero-order valence-electron chi connectivity index (χ0n) is 10.5. The van der Waals surface area contributed by atoms with Gasteiger partial charge in [0.2, 0.25) is 5.95 Å². The molecule has 0 aliphatic carbocycles. The molecule has 1 saturated heterocycles. The summed E-state index contributed by atoms with van der Waals surface area (Å²) in [7, 11) is 0. The molecule has 0 aromatic carbocycles. The standard InChI is InChI=1S/C13H12Cl2N4O/c14-9-5-17-13(18-6-9)19-4-2-10(8-19)20-12-1-3-16-7-11(12)15/h1,3,5-7,10H,2,4,8H2. The first-order valence-corrected chi connectivity index (χ1v) is 6.96. The first kappa shape index (κ1) is 13.4. The van der Waals surface area contributed by atoms with Crippen molar-refractivity contribution in [1.82, 2.24) is 15.0 Å². The van der Waals surface area contributed by atoms with Crippen LogP contribution in [0.25, 0.3) is 0 Å². The van der Waals surface area contributed by atoms with Crippen LogP contribution in [-0.4, -0.2) is 34.1 Å². The third-order valence-electron chi connectivity index (χ3n) is 3.06. The van der Waals surface area contributed by atoms with E-state index in [9.17, 15) is 0 Å². The van der Waals surface area contributed by atoms with Crippen molar-refractivity contribution >= 4 is 29.2 Å². The van der Waals surface area contributed by atoms with Crippen LogP contribution in [0.5, 0.6) is 5.75 Å². The zero-order chi connectivity index (χ0) is 13.9. The maximum absolute atomic E-state index is 6.03. The van der Waals surface area contributed by atoms with Crippen molar-refractivity contribution in [2.24, 2.45) is 0 Å². The number of aromatic nitrogens is 3. The van der Waals surface area contributed by atoms with Gasteiger partial charge in [0, 0.05) is 31.4 Å². The third-order valence-corrected chi connectivity index (χ3v) is 3.54. The number of anilines is 1. The molecule has 0 bridgehead atoms. The van der Waals surface area contributed by atoms with E-state index < -0.39 is 0 Å². The number of pyridine rings is 1. The van der Waals surface area contributed by atoms with Gasteiger partial charge in [0.15, 0.2) is 0 Å². The molecule has 1 unspecified atom stereocenters. The molecule has 1 aliphatic heterocycles. The van der Waals surface area contributed by atoms with Crippen LogP contribution in [0, 0.1) is 0 Å². The SMILES string of the molecule is Clc1cnc(N2CCC(Oc3ccncc3Cl)C2)nc1. The number of hydrogen-bond acceptors (Lipinski definition) is 5. The van der Waals surface area contributed by atoms with Gasteiger partial charge in [-0.15, -0.1) is 0 Å². The Bertz CT molecular complexity index is 593. The normalized spacial score (nSPS) is 18.3. The summed E-state index contributed by atoms with van der Waals surface area (Å²) >= 11 is 11.8. The minimum atomic E-state index is 0.0641. The van der Waals surface area contributed by atoms with E-state index >= 15 is 0 Å². The lowest BCUT2D eigenvalue weighted by Crippen LogP contribution is -2.26. The summed E-state index contributed by atoms with van der Waals surface area (Å²) in [4.78, 5) is 14.4. The molecule has 3 rings (SSSR count). The maximum Gasteiger partial charge on any atom is 0.225 e. The molecule has 5 nitrogen and oxygen atoms in total. The second kappa shape index (κ2) is 5.81. The molecule has 0 saturated carbocycles. The third kappa shape index (κ3) is 2.94. The predicted molar refractivity (Wildman–Crippen MR) is 77.5 cm³/mol. The first-order chi connectivity index (χ1) is 9.72. The first-order valence-electron chi connectivity index (χ1n) is 6.21. The quantitative estimate of drug-likeness (QED) is 0.872. The molecular weight excluding hydrogens is 299 g/mol. The van der Waals surface area contributed by atoms with Crippen molar-refractivity contribution in [1.29, 1.82) is 0 Å². The van der Waals surface area contributed by atoms with Gasteiger partial charge in [-0.2, -0.15) is 0 Å². The Morgan fingerprint density at radius 3 is 2.75 bits per heavy atom. The van der Waals surface area contributed by atoms with Crippen LogP contribution < -0.4 is 9.64 Å².